The third kappa shape index (κ3) is 3.87. The van der Waals surface area contributed by atoms with Gasteiger partial charge >= 0.3 is 0 Å². The molecule has 0 aliphatic carbocycles. The highest BCUT2D eigenvalue weighted by Crippen LogP contribution is 2.25. The molecular weight excluding hydrogens is 343 g/mol. The summed E-state index contributed by atoms with van der Waals surface area (Å²) < 4.78 is 38.2. The normalized spacial score (nSPS) is 11.5. The number of hydrogen-bond donors (Lipinski definition) is 1. The summed E-state index contributed by atoms with van der Waals surface area (Å²) in [5.74, 6) is -0.947. The number of carbonyl (C=O) groups excluding carboxylic acids is 1. The monoisotopic (exact) mass is 356 g/mol. The van der Waals surface area contributed by atoms with Crippen molar-refractivity contribution in [3.63, 3.8) is 0 Å². The van der Waals surface area contributed by atoms with Gasteiger partial charge in [0.1, 0.15) is 10.7 Å². The lowest BCUT2D eigenvalue weighted by molar-refractivity contribution is 0.102. The number of nitrogens with one attached hydrogen (secondary N) is 1. The smallest absolute Gasteiger partial charge is 0.255 e. The maximum atomic E-state index is 12.9. The first-order chi connectivity index (χ1) is 10.7. The van der Waals surface area contributed by atoms with Crippen LogP contribution in [0.3, 0.4) is 0 Å². The quantitative estimate of drug-likeness (QED) is 0.915. The Balaban J connectivity index is 2.33. The Bertz CT molecular complexity index is 836. The van der Waals surface area contributed by atoms with Gasteiger partial charge in [-0.05, 0) is 42.5 Å². The minimum absolute atomic E-state index is 0.0250. The second-order valence-electron chi connectivity index (χ2n) is 4.89. The van der Waals surface area contributed by atoms with Crippen LogP contribution in [-0.4, -0.2) is 32.7 Å². The molecule has 5 nitrogen and oxygen atoms in total. The van der Waals surface area contributed by atoms with Crippen LogP contribution in [-0.2, 0) is 10.0 Å². The van der Waals surface area contributed by atoms with Gasteiger partial charge in [-0.3, -0.25) is 4.79 Å². The summed E-state index contributed by atoms with van der Waals surface area (Å²) in [6.07, 6.45) is 0. The van der Waals surface area contributed by atoms with E-state index in [0.29, 0.717) is 5.69 Å². The lowest BCUT2D eigenvalue weighted by Crippen LogP contribution is -2.23. The molecule has 0 spiro atoms. The molecule has 122 valence electrons. The van der Waals surface area contributed by atoms with Gasteiger partial charge in [0, 0.05) is 25.3 Å². The first kappa shape index (κ1) is 17.4. The molecule has 2 rings (SSSR count). The highest BCUT2D eigenvalue weighted by molar-refractivity contribution is 7.89. The van der Waals surface area contributed by atoms with Crippen LogP contribution in [0.2, 0.25) is 5.02 Å². The molecule has 0 heterocycles. The minimum atomic E-state index is -3.77. The van der Waals surface area contributed by atoms with Crippen LogP contribution in [0.1, 0.15) is 10.4 Å². The second kappa shape index (κ2) is 6.66. The zero-order valence-corrected chi connectivity index (χ0v) is 14.0. The lowest BCUT2D eigenvalue weighted by atomic mass is 10.2. The van der Waals surface area contributed by atoms with Crippen LogP contribution < -0.4 is 5.32 Å². The summed E-state index contributed by atoms with van der Waals surface area (Å²) in [6, 6.07) is 9.18. The molecule has 0 aliphatic heterocycles. The van der Waals surface area contributed by atoms with E-state index in [1.807, 2.05) is 0 Å². The minimum Gasteiger partial charge on any atom is -0.322 e. The number of anilines is 1. The van der Waals surface area contributed by atoms with E-state index < -0.39 is 21.7 Å². The number of rotatable bonds is 4. The maximum Gasteiger partial charge on any atom is 0.255 e. The number of halogens is 2. The Kier molecular flexibility index (Phi) is 5.03. The van der Waals surface area contributed by atoms with Gasteiger partial charge < -0.3 is 5.32 Å². The van der Waals surface area contributed by atoms with Gasteiger partial charge in [-0.1, -0.05) is 11.6 Å². The van der Waals surface area contributed by atoms with Crippen molar-refractivity contribution < 1.29 is 17.6 Å². The first-order valence-corrected chi connectivity index (χ1v) is 8.32. The summed E-state index contributed by atoms with van der Waals surface area (Å²) >= 11 is 5.93. The molecule has 0 saturated carbocycles. The molecule has 8 heteroatoms. The zero-order valence-electron chi connectivity index (χ0n) is 12.4. The fourth-order valence-corrected chi connectivity index (χ4v) is 3.17. The number of benzene rings is 2. The van der Waals surface area contributed by atoms with Crippen molar-refractivity contribution in [3.05, 3.63) is 58.9 Å². The predicted molar refractivity (Wildman–Crippen MR) is 86.7 cm³/mol. The second-order valence-corrected chi connectivity index (χ2v) is 7.42. The number of amides is 1. The third-order valence-corrected chi connectivity index (χ3v) is 5.35. The van der Waals surface area contributed by atoms with E-state index >= 15 is 0 Å². The van der Waals surface area contributed by atoms with Crippen molar-refractivity contribution in [2.24, 2.45) is 0 Å². The number of sulfonamides is 1. The van der Waals surface area contributed by atoms with Crippen LogP contribution in [0.5, 0.6) is 0 Å². The molecule has 0 fully saturated rings. The van der Waals surface area contributed by atoms with Crippen molar-refractivity contribution in [3.8, 4) is 0 Å². The fourth-order valence-electron chi connectivity index (χ4n) is 1.78. The Morgan fingerprint density at radius 1 is 1.13 bits per heavy atom. The van der Waals surface area contributed by atoms with E-state index in [1.54, 1.807) is 0 Å². The molecule has 2 aromatic carbocycles. The van der Waals surface area contributed by atoms with Crippen molar-refractivity contribution >= 4 is 33.2 Å². The SMILES string of the molecule is CN(C)S(=O)(=O)c1cc(C(=O)Nc2ccc(F)cc2)ccc1Cl. The number of nitrogens with zero attached hydrogens (tertiary/aromatic N) is 1. The molecule has 0 radical (unpaired) electrons. The van der Waals surface area contributed by atoms with E-state index in [9.17, 15) is 17.6 Å². The molecule has 23 heavy (non-hydrogen) atoms. The van der Waals surface area contributed by atoms with Crippen molar-refractivity contribution in [2.75, 3.05) is 19.4 Å². The van der Waals surface area contributed by atoms with Crippen LogP contribution >= 0.6 is 11.6 Å². The summed E-state index contributed by atoms with van der Waals surface area (Å²) in [6.45, 7) is 0. The van der Waals surface area contributed by atoms with Gasteiger partial charge in [0.2, 0.25) is 10.0 Å². The summed E-state index contributed by atoms with van der Waals surface area (Å²) in [7, 11) is -1.03. The number of carbonyl (C=O) groups is 1. The van der Waals surface area contributed by atoms with Crippen LogP contribution in [0.4, 0.5) is 10.1 Å². The van der Waals surface area contributed by atoms with Crippen LogP contribution in [0.15, 0.2) is 47.4 Å². The van der Waals surface area contributed by atoms with Gasteiger partial charge in [-0.2, -0.15) is 0 Å². The van der Waals surface area contributed by atoms with Gasteiger partial charge in [-0.15, -0.1) is 0 Å². The summed E-state index contributed by atoms with van der Waals surface area (Å²) in [5.41, 5.74) is 0.516. The largest absolute Gasteiger partial charge is 0.322 e. The molecule has 0 atom stereocenters. The summed E-state index contributed by atoms with van der Waals surface area (Å²) in [4.78, 5) is 12.0. The fraction of sp³-hybridized carbons (Fsp3) is 0.133. The number of hydrogen-bond acceptors (Lipinski definition) is 3. The molecule has 0 saturated heterocycles. The molecule has 1 amide bonds. The topological polar surface area (TPSA) is 66.5 Å². The van der Waals surface area contributed by atoms with E-state index in [-0.39, 0.29) is 15.5 Å². The molecule has 0 aromatic heterocycles. The van der Waals surface area contributed by atoms with Gasteiger partial charge in [0.05, 0.1) is 5.02 Å². The maximum absolute atomic E-state index is 12.9. The van der Waals surface area contributed by atoms with Crippen LogP contribution in [0.25, 0.3) is 0 Å². The van der Waals surface area contributed by atoms with Gasteiger partial charge in [-0.25, -0.2) is 17.1 Å². The molecule has 0 aliphatic rings. The van der Waals surface area contributed by atoms with Gasteiger partial charge in [0.15, 0.2) is 0 Å². The highest BCUT2D eigenvalue weighted by Gasteiger charge is 2.22. The molecule has 1 N–H and O–H groups in total. The van der Waals surface area contributed by atoms with Crippen LogP contribution in [0, 0.1) is 5.82 Å². The standard InChI is InChI=1S/C15H14ClFN2O3S/c1-19(2)23(21,22)14-9-10(3-8-13(14)16)15(20)18-12-6-4-11(17)5-7-12/h3-9H,1-2H3,(H,18,20). The van der Waals surface area contributed by atoms with Gasteiger partial charge in [0.25, 0.3) is 5.91 Å². The molecule has 2 aromatic rings. The van der Waals surface area contributed by atoms with Crippen molar-refractivity contribution in [2.45, 2.75) is 4.90 Å². The third-order valence-electron chi connectivity index (χ3n) is 3.05. The van der Waals surface area contributed by atoms with E-state index in [4.69, 9.17) is 11.6 Å². The van der Waals surface area contributed by atoms with E-state index in [1.165, 1.54) is 56.6 Å². The zero-order chi connectivity index (χ0) is 17.2. The Hall–Kier alpha value is -1.96. The Morgan fingerprint density at radius 3 is 2.30 bits per heavy atom. The highest BCUT2D eigenvalue weighted by atomic mass is 35.5. The van der Waals surface area contributed by atoms with E-state index in [2.05, 4.69) is 5.32 Å². The molecule has 0 unspecified atom stereocenters. The van der Waals surface area contributed by atoms with Crippen molar-refractivity contribution in [1.82, 2.24) is 4.31 Å². The predicted octanol–water partition coefficient (Wildman–Crippen LogP) is 2.98. The Morgan fingerprint density at radius 2 is 1.74 bits per heavy atom. The average molecular weight is 357 g/mol. The van der Waals surface area contributed by atoms with E-state index in [0.717, 1.165) is 4.31 Å². The van der Waals surface area contributed by atoms with Crippen molar-refractivity contribution in [1.29, 1.82) is 0 Å². The Labute approximate surface area is 138 Å². The first-order valence-electron chi connectivity index (χ1n) is 6.51. The summed E-state index contributed by atoms with van der Waals surface area (Å²) in [5, 5.41) is 2.58. The lowest BCUT2D eigenvalue weighted by Gasteiger charge is -2.14. The average Bonchev–Trinajstić information content (AvgIpc) is 2.49. The molecular formula is C15H14ClFN2O3S. The molecule has 0 bridgehead atoms.